The molecule has 4 rings (SSSR count). The molecule has 3 fully saturated rings. The van der Waals surface area contributed by atoms with Crippen LogP contribution in [0.2, 0.25) is 0 Å². The first kappa shape index (κ1) is 22.0. The summed E-state index contributed by atoms with van der Waals surface area (Å²) in [7, 11) is 0. The molecule has 3 aliphatic heterocycles. The van der Waals surface area contributed by atoms with Gasteiger partial charge >= 0.3 is 6.09 Å². The molecule has 9 nitrogen and oxygen atoms in total. The lowest BCUT2D eigenvalue weighted by molar-refractivity contribution is -0.169. The molecule has 3 heterocycles. The van der Waals surface area contributed by atoms with E-state index in [2.05, 4.69) is 0 Å². The van der Waals surface area contributed by atoms with E-state index in [1.165, 1.54) is 21.8 Å². The smallest absolute Gasteiger partial charge is 0.414 e. The molecule has 3 amide bonds. The van der Waals surface area contributed by atoms with E-state index < -0.39 is 23.8 Å². The number of amides is 3. The van der Waals surface area contributed by atoms with Crippen molar-refractivity contribution in [2.75, 3.05) is 42.5 Å². The Bertz CT molecular complexity index is 923. The molecule has 3 saturated heterocycles. The molecule has 0 saturated carbocycles. The first-order valence-corrected chi connectivity index (χ1v) is 10.6. The van der Waals surface area contributed by atoms with Crippen LogP contribution in [0.4, 0.5) is 25.0 Å². The van der Waals surface area contributed by atoms with E-state index in [1.54, 1.807) is 0 Å². The molecule has 0 N–H and O–H groups in total. The number of nitrogens with zero attached hydrogens (tertiary/aromatic N) is 4. The van der Waals surface area contributed by atoms with E-state index in [1.807, 2.05) is 0 Å². The first-order chi connectivity index (χ1) is 15.2. The zero-order valence-electron chi connectivity index (χ0n) is 17.7. The van der Waals surface area contributed by atoms with E-state index in [0.717, 1.165) is 17.0 Å². The molecule has 32 heavy (non-hydrogen) atoms. The van der Waals surface area contributed by atoms with Crippen molar-refractivity contribution in [3.63, 3.8) is 0 Å². The normalized spacial score (nSPS) is 21.6. The lowest BCUT2D eigenvalue weighted by Crippen LogP contribution is -2.53. The zero-order valence-corrected chi connectivity index (χ0v) is 17.7. The minimum atomic E-state index is -0.854. The Balaban J connectivity index is 1.51. The van der Waals surface area contributed by atoms with Crippen LogP contribution < -0.4 is 9.80 Å². The number of anilines is 2. The third kappa shape index (κ3) is 4.23. The van der Waals surface area contributed by atoms with Crippen molar-refractivity contribution < 1.29 is 32.7 Å². The molecule has 0 aliphatic carbocycles. The highest BCUT2D eigenvalue weighted by Gasteiger charge is 2.36. The number of ketones is 1. The Hall–Kier alpha value is -3.24. The number of benzene rings is 1. The van der Waals surface area contributed by atoms with E-state index >= 15 is 8.78 Å². The Morgan fingerprint density at radius 3 is 2.09 bits per heavy atom. The maximum atomic E-state index is 15.0. The van der Waals surface area contributed by atoms with Crippen LogP contribution in [0, 0.1) is 11.6 Å². The van der Waals surface area contributed by atoms with E-state index in [-0.39, 0.29) is 81.0 Å². The van der Waals surface area contributed by atoms with Crippen molar-refractivity contribution in [3.05, 3.63) is 23.8 Å². The van der Waals surface area contributed by atoms with Crippen LogP contribution in [0.3, 0.4) is 0 Å². The van der Waals surface area contributed by atoms with Crippen LogP contribution in [0.1, 0.15) is 32.6 Å². The summed E-state index contributed by atoms with van der Waals surface area (Å²) in [5.74, 6) is -2.11. The van der Waals surface area contributed by atoms with E-state index in [4.69, 9.17) is 4.74 Å². The Labute approximate surface area is 183 Å². The number of hydrogen-bond acceptors (Lipinski definition) is 6. The summed E-state index contributed by atoms with van der Waals surface area (Å²) < 4.78 is 35.2. The average Bonchev–Trinajstić information content (AvgIpc) is 2.96. The number of cyclic esters (lactones) is 1. The molecular formula is C21H24F2N4O5. The lowest BCUT2D eigenvalue weighted by atomic mass is 10.1. The number of halogens is 2. The fraction of sp³-hybridized carbons (Fsp3) is 0.524. The van der Waals surface area contributed by atoms with E-state index in [0.29, 0.717) is 6.42 Å². The van der Waals surface area contributed by atoms with Gasteiger partial charge in [0.2, 0.25) is 11.8 Å². The van der Waals surface area contributed by atoms with Gasteiger partial charge in [0.15, 0.2) is 11.6 Å². The molecule has 11 heteroatoms. The summed E-state index contributed by atoms with van der Waals surface area (Å²) in [5.41, 5.74) is -0.240. The molecular weight excluding hydrogens is 426 g/mol. The van der Waals surface area contributed by atoms with Gasteiger partial charge in [-0.25, -0.2) is 23.6 Å². The number of carbonyl (C=O) groups is 4. The molecule has 3 aliphatic rings. The molecule has 0 bridgehead atoms. The van der Waals surface area contributed by atoms with Gasteiger partial charge in [0.25, 0.3) is 0 Å². The summed E-state index contributed by atoms with van der Waals surface area (Å²) >= 11 is 0. The second-order valence-corrected chi connectivity index (χ2v) is 8.14. The largest absolute Gasteiger partial charge is 0.444 e. The maximum absolute atomic E-state index is 15.0. The van der Waals surface area contributed by atoms with Crippen molar-refractivity contribution in [2.45, 2.75) is 38.7 Å². The number of hydrogen-bond donors (Lipinski definition) is 0. The third-order valence-corrected chi connectivity index (χ3v) is 5.91. The van der Waals surface area contributed by atoms with Gasteiger partial charge in [0.1, 0.15) is 17.6 Å². The number of fused-ring (bicyclic) bond motifs is 1. The maximum Gasteiger partial charge on any atom is 0.414 e. The molecule has 1 aromatic carbocycles. The van der Waals surface area contributed by atoms with Crippen molar-refractivity contribution in [3.8, 4) is 0 Å². The molecule has 0 aromatic heterocycles. The summed E-state index contributed by atoms with van der Waals surface area (Å²) in [6.45, 7) is 2.13. The molecule has 0 unspecified atom stereocenters. The highest BCUT2D eigenvalue weighted by atomic mass is 19.1. The van der Waals surface area contributed by atoms with Gasteiger partial charge < -0.3 is 14.4 Å². The van der Waals surface area contributed by atoms with Crippen LogP contribution >= 0.6 is 0 Å². The van der Waals surface area contributed by atoms with Crippen molar-refractivity contribution in [2.24, 2.45) is 0 Å². The summed E-state index contributed by atoms with van der Waals surface area (Å²) in [6.07, 6.45) is -0.385. The third-order valence-electron chi connectivity index (χ3n) is 5.91. The number of carbonyl (C=O) groups excluding carboxylic acids is 4. The van der Waals surface area contributed by atoms with Crippen LogP contribution in [-0.2, 0) is 19.1 Å². The first-order valence-electron chi connectivity index (χ1n) is 10.6. The second-order valence-electron chi connectivity index (χ2n) is 8.14. The predicted octanol–water partition coefficient (Wildman–Crippen LogP) is 1.85. The summed E-state index contributed by atoms with van der Waals surface area (Å²) in [5, 5.41) is 2.69. The van der Waals surface area contributed by atoms with Gasteiger partial charge in [-0.15, -0.1) is 0 Å². The average molecular weight is 450 g/mol. The van der Waals surface area contributed by atoms with Gasteiger partial charge in [-0.2, -0.15) is 0 Å². The number of ether oxygens (including phenoxy) is 1. The summed E-state index contributed by atoms with van der Waals surface area (Å²) in [4.78, 5) is 50.2. The second kappa shape index (κ2) is 8.71. The monoisotopic (exact) mass is 450 g/mol. The van der Waals surface area contributed by atoms with Gasteiger partial charge in [-0.05, 0) is 13.3 Å². The zero-order chi connectivity index (χ0) is 23.0. The van der Waals surface area contributed by atoms with Crippen molar-refractivity contribution in [1.29, 1.82) is 0 Å². The van der Waals surface area contributed by atoms with Crippen LogP contribution in [0.25, 0.3) is 0 Å². The van der Waals surface area contributed by atoms with Gasteiger partial charge in [-0.3, -0.25) is 14.5 Å². The fourth-order valence-corrected chi connectivity index (χ4v) is 4.26. The standard InChI is InChI=1S/C21H24F2N4O5/c1-13(28)2-3-15-12-25(21(31)32-15)14-10-16(22)20(17(23)11-14)24-6-8-26-18(29)4-5-19(30)27(26)9-7-24/h10-11,15H,2-9,12H2,1H3/t15-/m0/s1. The molecule has 0 spiro atoms. The van der Waals surface area contributed by atoms with Crippen LogP contribution in [-0.4, -0.2) is 72.5 Å². The Morgan fingerprint density at radius 2 is 1.56 bits per heavy atom. The molecule has 172 valence electrons. The minimum Gasteiger partial charge on any atom is -0.444 e. The summed E-state index contributed by atoms with van der Waals surface area (Å²) in [6, 6.07) is 2.14. The molecule has 1 aromatic rings. The van der Waals surface area contributed by atoms with Gasteiger partial charge in [0.05, 0.1) is 25.3 Å². The van der Waals surface area contributed by atoms with Crippen molar-refractivity contribution in [1.82, 2.24) is 10.0 Å². The quantitative estimate of drug-likeness (QED) is 0.680. The fourth-order valence-electron chi connectivity index (χ4n) is 4.26. The predicted molar refractivity (Wildman–Crippen MR) is 109 cm³/mol. The molecule has 1 atom stereocenters. The minimum absolute atomic E-state index is 0.0282. The highest BCUT2D eigenvalue weighted by molar-refractivity contribution is 5.90. The number of rotatable bonds is 5. The lowest BCUT2D eigenvalue weighted by Gasteiger charge is -2.36. The van der Waals surface area contributed by atoms with Gasteiger partial charge in [0, 0.05) is 44.5 Å². The van der Waals surface area contributed by atoms with Gasteiger partial charge in [-0.1, -0.05) is 0 Å². The van der Waals surface area contributed by atoms with Crippen molar-refractivity contribution >= 4 is 35.1 Å². The van der Waals surface area contributed by atoms with Crippen LogP contribution in [0.5, 0.6) is 0 Å². The topological polar surface area (TPSA) is 90.5 Å². The Morgan fingerprint density at radius 1 is 1.00 bits per heavy atom. The van der Waals surface area contributed by atoms with Crippen LogP contribution in [0.15, 0.2) is 12.1 Å². The van der Waals surface area contributed by atoms with E-state index in [9.17, 15) is 19.2 Å². The SMILES string of the molecule is CC(=O)CC[C@H]1CN(c2cc(F)c(N3CCN4C(=O)CCC(=O)N4CC3)c(F)c2)C(=O)O1. The highest BCUT2D eigenvalue weighted by Crippen LogP contribution is 2.32. The number of hydrazine groups is 1. The molecule has 0 radical (unpaired) electrons. The Kier molecular flexibility index (Phi) is 5.98. The number of Topliss-reactive ketones (excluding diaryl/α,β-unsaturated/α-hetero) is 1.